The third-order valence-corrected chi connectivity index (χ3v) is 6.68. The predicted octanol–water partition coefficient (Wildman–Crippen LogP) is 3.58. The van der Waals surface area contributed by atoms with Crippen molar-refractivity contribution in [2.75, 3.05) is 17.2 Å². The first-order valence-corrected chi connectivity index (χ1v) is 11.7. The first-order valence-electron chi connectivity index (χ1n) is 11.7. The van der Waals surface area contributed by atoms with Crippen molar-refractivity contribution in [1.82, 2.24) is 9.55 Å². The van der Waals surface area contributed by atoms with E-state index in [-0.39, 0.29) is 29.9 Å². The number of nitrogens with zero attached hydrogens (tertiary/aromatic N) is 2. The second kappa shape index (κ2) is 10.0. The smallest absolute Gasteiger partial charge is 0.330 e. The molecule has 7 heteroatoms. The van der Waals surface area contributed by atoms with E-state index >= 15 is 0 Å². The third kappa shape index (κ3) is 4.87. The van der Waals surface area contributed by atoms with Crippen molar-refractivity contribution >= 4 is 17.4 Å². The zero-order valence-electron chi connectivity index (χ0n) is 18.5. The Kier molecular flexibility index (Phi) is 6.93. The molecule has 0 bridgehead atoms. The van der Waals surface area contributed by atoms with E-state index in [0.29, 0.717) is 6.54 Å². The molecule has 0 atom stereocenters. The predicted molar refractivity (Wildman–Crippen MR) is 127 cm³/mol. The van der Waals surface area contributed by atoms with E-state index in [4.69, 9.17) is 5.73 Å². The Morgan fingerprint density at radius 1 is 1.09 bits per heavy atom. The maximum atomic E-state index is 13.5. The van der Waals surface area contributed by atoms with Gasteiger partial charge in [-0.05, 0) is 50.5 Å². The molecule has 1 amide bonds. The van der Waals surface area contributed by atoms with Gasteiger partial charge in [-0.1, -0.05) is 54.8 Å². The summed E-state index contributed by atoms with van der Waals surface area (Å²) in [6.45, 7) is 0.629. The number of nitrogens with one attached hydrogen (secondary N) is 1. The Bertz CT molecular complexity index is 1090. The Labute approximate surface area is 187 Å². The highest BCUT2D eigenvalue weighted by Crippen LogP contribution is 2.30. The zero-order valence-corrected chi connectivity index (χ0v) is 18.5. The summed E-state index contributed by atoms with van der Waals surface area (Å²) in [6.07, 6.45) is 11.1. The Morgan fingerprint density at radius 2 is 1.84 bits per heavy atom. The first-order chi connectivity index (χ1) is 15.5. The Hall–Kier alpha value is -3.09. The number of nitrogen functional groups attached to an aromatic ring is 1. The molecule has 4 rings (SSSR count). The van der Waals surface area contributed by atoms with Gasteiger partial charge in [0.1, 0.15) is 5.82 Å². The zero-order chi connectivity index (χ0) is 22.5. The summed E-state index contributed by atoms with van der Waals surface area (Å²) in [5.74, 6) is -0.101. The number of hydrogen-bond acceptors (Lipinski definition) is 4. The number of aromatic amines is 1. The Balaban J connectivity index is 1.70. The van der Waals surface area contributed by atoms with Gasteiger partial charge in [-0.25, -0.2) is 4.79 Å². The molecule has 1 fully saturated rings. The fourth-order valence-corrected chi connectivity index (χ4v) is 4.87. The summed E-state index contributed by atoms with van der Waals surface area (Å²) in [5.41, 5.74) is 7.57. The minimum atomic E-state index is -0.596. The van der Waals surface area contributed by atoms with Crippen LogP contribution in [0.5, 0.6) is 0 Å². The van der Waals surface area contributed by atoms with Crippen LogP contribution in [-0.4, -0.2) is 22.0 Å². The van der Waals surface area contributed by atoms with Crippen molar-refractivity contribution in [2.45, 2.75) is 64.3 Å². The summed E-state index contributed by atoms with van der Waals surface area (Å²) in [6, 6.07) is 9.46. The van der Waals surface area contributed by atoms with Gasteiger partial charge >= 0.3 is 5.69 Å². The van der Waals surface area contributed by atoms with Gasteiger partial charge in [-0.15, -0.1) is 0 Å². The number of hydrogen-bond donors (Lipinski definition) is 2. The number of anilines is 2. The van der Waals surface area contributed by atoms with E-state index in [1.807, 2.05) is 30.3 Å². The number of benzene rings is 1. The first kappa shape index (κ1) is 22.1. The van der Waals surface area contributed by atoms with Gasteiger partial charge in [-0.3, -0.25) is 19.1 Å². The summed E-state index contributed by atoms with van der Waals surface area (Å²) < 4.78 is 1.35. The van der Waals surface area contributed by atoms with Crippen LogP contribution < -0.4 is 21.9 Å². The van der Waals surface area contributed by atoms with E-state index in [2.05, 4.69) is 11.1 Å². The number of nitrogens with two attached hydrogens (primary N) is 1. The fraction of sp³-hybridized carbons (Fsp3) is 0.480. The van der Waals surface area contributed by atoms with Crippen LogP contribution in [0.3, 0.4) is 0 Å². The number of aromatic nitrogens is 2. The number of amides is 1. The normalized spacial score (nSPS) is 16.7. The molecule has 0 aliphatic heterocycles. The molecule has 2 aromatic rings. The van der Waals surface area contributed by atoms with Gasteiger partial charge < -0.3 is 10.6 Å². The monoisotopic (exact) mass is 436 g/mol. The molecule has 2 aliphatic carbocycles. The van der Waals surface area contributed by atoms with Gasteiger partial charge in [-0.2, -0.15) is 0 Å². The molecule has 1 aromatic heterocycles. The number of rotatable bonds is 7. The molecule has 1 aromatic carbocycles. The summed E-state index contributed by atoms with van der Waals surface area (Å²) >= 11 is 0. The average molecular weight is 437 g/mol. The number of H-pyrrole nitrogens is 1. The molecule has 3 N–H and O–H groups in total. The highest BCUT2D eigenvalue weighted by atomic mass is 16.2. The Morgan fingerprint density at radius 3 is 2.53 bits per heavy atom. The fourth-order valence-electron chi connectivity index (χ4n) is 4.87. The standard InChI is InChI=1S/C25H32N4O3/c26-22-21(23(30)27-25(32)29(22)17-19-11-5-2-6-12-19)28(24(31)20-13-7-8-14-20)16-15-18-9-3-1-4-10-18/h2,5-6,9,11-12,20H,1,3-4,7-8,10,13-17,26H2,(H,27,30,32). The maximum Gasteiger partial charge on any atom is 0.330 e. The summed E-state index contributed by atoms with van der Waals surface area (Å²) in [5, 5.41) is 0. The van der Waals surface area contributed by atoms with Crippen LogP contribution in [0.15, 0.2) is 51.6 Å². The maximum absolute atomic E-state index is 13.5. The summed E-state index contributed by atoms with van der Waals surface area (Å²) in [7, 11) is 0. The minimum Gasteiger partial charge on any atom is -0.383 e. The topological polar surface area (TPSA) is 101 Å². The van der Waals surface area contributed by atoms with Gasteiger partial charge in [0.05, 0.1) is 6.54 Å². The SMILES string of the molecule is Nc1c(N(CCC2=CCCCC2)C(=O)C2CCCC2)c(=O)[nH]c(=O)n1Cc1ccccc1. The van der Waals surface area contributed by atoms with Gasteiger partial charge in [0.2, 0.25) is 5.91 Å². The lowest BCUT2D eigenvalue weighted by Gasteiger charge is -2.28. The van der Waals surface area contributed by atoms with Crippen LogP contribution in [0.25, 0.3) is 0 Å². The molecule has 2 aliphatic rings. The second-order valence-corrected chi connectivity index (χ2v) is 8.89. The van der Waals surface area contributed by atoms with Gasteiger partial charge in [0.15, 0.2) is 5.69 Å². The molecule has 170 valence electrons. The molecule has 0 radical (unpaired) electrons. The van der Waals surface area contributed by atoms with E-state index < -0.39 is 11.2 Å². The lowest BCUT2D eigenvalue weighted by molar-refractivity contribution is -0.122. The van der Waals surface area contributed by atoms with Gasteiger partial charge in [0.25, 0.3) is 5.56 Å². The molecule has 0 unspecified atom stereocenters. The molecule has 7 nitrogen and oxygen atoms in total. The van der Waals surface area contributed by atoms with Crippen molar-refractivity contribution in [3.05, 3.63) is 68.4 Å². The largest absolute Gasteiger partial charge is 0.383 e. The molecular formula is C25H32N4O3. The van der Waals surface area contributed by atoms with Crippen molar-refractivity contribution in [1.29, 1.82) is 0 Å². The van der Waals surface area contributed by atoms with Crippen LogP contribution in [0.4, 0.5) is 11.5 Å². The van der Waals surface area contributed by atoms with Crippen LogP contribution in [0.2, 0.25) is 0 Å². The van der Waals surface area contributed by atoms with E-state index in [0.717, 1.165) is 56.9 Å². The van der Waals surface area contributed by atoms with Crippen molar-refractivity contribution in [3.8, 4) is 0 Å². The molecule has 1 saturated carbocycles. The number of carbonyl (C=O) groups is 1. The van der Waals surface area contributed by atoms with Crippen LogP contribution in [0, 0.1) is 5.92 Å². The van der Waals surface area contributed by atoms with Crippen molar-refractivity contribution in [2.24, 2.45) is 5.92 Å². The van der Waals surface area contributed by atoms with E-state index in [1.54, 1.807) is 4.90 Å². The molecule has 1 heterocycles. The quantitative estimate of drug-likeness (QED) is 0.648. The highest BCUT2D eigenvalue weighted by molar-refractivity contribution is 5.97. The molecule has 0 spiro atoms. The lowest BCUT2D eigenvalue weighted by atomic mass is 9.96. The van der Waals surface area contributed by atoms with Crippen LogP contribution in [0.1, 0.15) is 63.4 Å². The number of allylic oxidation sites excluding steroid dienone is 1. The highest BCUT2D eigenvalue weighted by Gasteiger charge is 2.31. The molecular weight excluding hydrogens is 404 g/mol. The van der Waals surface area contributed by atoms with Crippen molar-refractivity contribution < 1.29 is 4.79 Å². The van der Waals surface area contributed by atoms with E-state index in [1.165, 1.54) is 16.6 Å². The van der Waals surface area contributed by atoms with E-state index in [9.17, 15) is 14.4 Å². The van der Waals surface area contributed by atoms with Crippen LogP contribution in [-0.2, 0) is 11.3 Å². The van der Waals surface area contributed by atoms with Crippen LogP contribution >= 0.6 is 0 Å². The van der Waals surface area contributed by atoms with Crippen molar-refractivity contribution in [3.63, 3.8) is 0 Å². The third-order valence-electron chi connectivity index (χ3n) is 6.68. The molecule has 0 saturated heterocycles. The minimum absolute atomic E-state index is 0.0478. The molecule has 32 heavy (non-hydrogen) atoms. The second-order valence-electron chi connectivity index (χ2n) is 8.89. The lowest BCUT2D eigenvalue weighted by Crippen LogP contribution is -2.43. The number of carbonyl (C=O) groups excluding carboxylic acids is 1. The summed E-state index contributed by atoms with van der Waals surface area (Å²) in [4.78, 5) is 42.9. The van der Waals surface area contributed by atoms with Gasteiger partial charge in [0, 0.05) is 12.5 Å². The average Bonchev–Trinajstić information content (AvgIpc) is 3.35.